The number of fused-ring (bicyclic) bond motifs is 1. The number of rotatable bonds is 1. The van der Waals surface area contributed by atoms with Crippen LogP contribution in [0.15, 0.2) is 11.3 Å². The predicted molar refractivity (Wildman–Crippen MR) is 43.6 cm³/mol. The molecule has 0 aromatic heterocycles. The van der Waals surface area contributed by atoms with E-state index in [1.807, 2.05) is 0 Å². The maximum absolute atomic E-state index is 11.9. The van der Waals surface area contributed by atoms with Gasteiger partial charge in [-0.25, -0.2) is 0 Å². The molecule has 68 valence electrons. The second-order valence-corrected chi connectivity index (χ2v) is 6.42. The van der Waals surface area contributed by atoms with Crippen molar-refractivity contribution in [3.8, 4) is 0 Å². The van der Waals surface area contributed by atoms with Gasteiger partial charge in [-0.1, -0.05) is 0 Å². The number of carbonyl (C=O) groups excluding carboxylic acids is 1. The summed E-state index contributed by atoms with van der Waals surface area (Å²) in [4.78, 5) is 14.2. The number of ketones is 1. The van der Waals surface area contributed by atoms with E-state index in [0.717, 1.165) is 16.0 Å². The summed E-state index contributed by atoms with van der Waals surface area (Å²) < 4.78 is 2.30. The molecule has 1 fully saturated rings. The van der Waals surface area contributed by atoms with Crippen LogP contribution in [0.5, 0.6) is 0 Å². The first-order valence-electron chi connectivity index (χ1n) is 4.17. The van der Waals surface area contributed by atoms with Gasteiger partial charge in [-0.2, -0.15) is 0 Å². The van der Waals surface area contributed by atoms with Crippen LogP contribution in [0.2, 0.25) is 0 Å². The predicted octanol–water partition coefficient (Wildman–Crippen LogP) is 0.191. The first-order valence-corrected chi connectivity index (χ1v) is 7.11. The minimum absolute atomic E-state index is 0.318. The van der Waals surface area contributed by atoms with Crippen LogP contribution in [0.4, 0.5) is 0 Å². The summed E-state index contributed by atoms with van der Waals surface area (Å²) in [6.45, 7) is 5.22. The van der Waals surface area contributed by atoms with Crippen molar-refractivity contribution in [2.24, 2.45) is 5.92 Å². The van der Waals surface area contributed by atoms with Crippen LogP contribution in [-0.2, 0) is 43.5 Å². The van der Waals surface area contributed by atoms with Crippen LogP contribution in [0.1, 0.15) is 13.8 Å². The Balaban J connectivity index is 2.49. The summed E-state index contributed by atoms with van der Waals surface area (Å²) in [7, 11) is 0. The molecule has 0 spiro atoms. The van der Waals surface area contributed by atoms with Crippen molar-refractivity contribution < 1.29 is 43.5 Å². The molecule has 1 saturated heterocycles. The molecule has 0 amide bonds. The van der Waals surface area contributed by atoms with Crippen molar-refractivity contribution >= 4 is 13.7 Å². The first-order chi connectivity index (χ1) is 6.04. The summed E-state index contributed by atoms with van der Waals surface area (Å²) in [6, 6.07) is 0. The third-order valence-electron chi connectivity index (χ3n) is 2.31. The van der Waals surface area contributed by atoms with E-state index in [2.05, 4.69) is 18.7 Å². The summed E-state index contributed by atoms with van der Waals surface area (Å²) in [5.74, 6) is 0.698. The van der Waals surface area contributed by atoms with Crippen molar-refractivity contribution in [3.63, 3.8) is 0 Å². The van der Waals surface area contributed by atoms with Gasteiger partial charge >= 0.3 is 99.7 Å². The molecule has 0 aliphatic carbocycles. The number of Topliss-reactive ketones (excluding diaryl/α,β-unsaturated/α-hetero) is 1. The molecular weight excluding hydrogens is 506 g/mol. The fourth-order valence-corrected chi connectivity index (χ4v) is 3.36. The van der Waals surface area contributed by atoms with Crippen LogP contribution in [0, 0.1) is 5.92 Å². The van der Waals surface area contributed by atoms with Crippen LogP contribution < -0.4 is 0 Å². The maximum atomic E-state index is 11.9. The molecule has 0 unspecified atom stereocenters. The molecule has 0 aromatic carbocycles. The SMILES string of the molecule is CC(C)C1=C2CN2[C](=[W])[C](=[W])C1=O. The van der Waals surface area contributed by atoms with Crippen molar-refractivity contribution in [1.29, 1.82) is 0 Å². The van der Waals surface area contributed by atoms with E-state index in [9.17, 15) is 4.79 Å². The van der Waals surface area contributed by atoms with E-state index in [4.69, 9.17) is 0 Å². The van der Waals surface area contributed by atoms with Crippen LogP contribution in [0.3, 0.4) is 0 Å². The molecule has 0 radical (unpaired) electrons. The Morgan fingerprint density at radius 2 is 2.00 bits per heavy atom. The molecule has 2 aliphatic heterocycles. The number of nitrogens with zero attached hydrogens (tertiary/aromatic N) is 1. The summed E-state index contributed by atoms with van der Waals surface area (Å²) in [5, 5.41) is 0. The van der Waals surface area contributed by atoms with Crippen molar-refractivity contribution in [2.45, 2.75) is 13.8 Å². The van der Waals surface area contributed by atoms with E-state index >= 15 is 0 Å². The Hall–Kier alpha value is 0.327. The monoisotopic (exact) mass is 515 g/mol. The topological polar surface area (TPSA) is 20.1 Å². The third kappa shape index (κ3) is 1.43. The van der Waals surface area contributed by atoms with Crippen molar-refractivity contribution in [1.82, 2.24) is 4.90 Å². The quantitative estimate of drug-likeness (QED) is 0.466. The first kappa shape index (κ1) is 9.87. The van der Waals surface area contributed by atoms with Crippen LogP contribution >= 0.6 is 0 Å². The Morgan fingerprint density at radius 3 is 2.54 bits per heavy atom. The molecule has 4 heteroatoms. The van der Waals surface area contributed by atoms with Gasteiger partial charge in [0.05, 0.1) is 0 Å². The van der Waals surface area contributed by atoms with Gasteiger partial charge in [0.1, 0.15) is 0 Å². The molecule has 0 saturated carbocycles. The molecule has 2 heterocycles. The normalized spacial score (nSPS) is 21.5. The standard InChI is InChI=1S/C9H9NO.2W/c1-6(2)9-7-5-10(7)4-3-8(9)11;;/h6H,5H2,1-2H3;;. The summed E-state index contributed by atoms with van der Waals surface area (Å²) in [6.07, 6.45) is 0. The zero-order valence-electron chi connectivity index (χ0n) is 7.46. The fourth-order valence-electron chi connectivity index (χ4n) is 1.61. The molecule has 0 bridgehead atoms. The van der Waals surface area contributed by atoms with Gasteiger partial charge in [0, 0.05) is 0 Å². The van der Waals surface area contributed by atoms with E-state index in [0.29, 0.717) is 11.7 Å². The Labute approximate surface area is 99.2 Å². The van der Waals surface area contributed by atoms with Crippen LogP contribution in [-0.4, -0.2) is 25.1 Å². The van der Waals surface area contributed by atoms with E-state index in [-0.39, 0.29) is 0 Å². The molecule has 2 aliphatic rings. The Morgan fingerprint density at radius 1 is 1.38 bits per heavy atom. The fraction of sp³-hybridized carbons (Fsp3) is 0.444. The van der Waals surface area contributed by atoms with Crippen LogP contribution in [0.25, 0.3) is 0 Å². The zero-order chi connectivity index (χ0) is 9.75. The van der Waals surface area contributed by atoms with Gasteiger partial charge in [-0.3, -0.25) is 0 Å². The number of allylic oxidation sites excluding steroid dienone is 1. The molecule has 2 nitrogen and oxygen atoms in total. The number of hydrogen-bond donors (Lipinski definition) is 0. The second-order valence-electron chi connectivity index (χ2n) is 3.56. The van der Waals surface area contributed by atoms with E-state index in [1.165, 1.54) is 48.4 Å². The average molecular weight is 515 g/mol. The van der Waals surface area contributed by atoms with E-state index < -0.39 is 0 Å². The molecule has 2 rings (SSSR count). The number of hydrogen-bond acceptors (Lipinski definition) is 2. The molecule has 0 N–H and O–H groups in total. The number of carbonyl (C=O) groups is 1. The second kappa shape index (κ2) is 3.17. The third-order valence-corrected chi connectivity index (χ3v) is 7.21. The Bertz CT molecular complexity index is 368. The summed E-state index contributed by atoms with van der Waals surface area (Å²) in [5.41, 5.74) is 2.35. The van der Waals surface area contributed by atoms with Gasteiger partial charge in [0.15, 0.2) is 0 Å². The zero-order valence-corrected chi connectivity index (χ0v) is 13.3. The van der Waals surface area contributed by atoms with E-state index in [1.54, 1.807) is 0 Å². The van der Waals surface area contributed by atoms with Crippen molar-refractivity contribution in [2.75, 3.05) is 6.54 Å². The van der Waals surface area contributed by atoms with Gasteiger partial charge in [-0.05, 0) is 0 Å². The van der Waals surface area contributed by atoms with Gasteiger partial charge in [-0.15, -0.1) is 0 Å². The average Bonchev–Trinajstić information content (AvgIpc) is 2.79. The molecule has 0 aromatic rings. The molecular formula is C9H9NOW2. The van der Waals surface area contributed by atoms with Gasteiger partial charge < -0.3 is 0 Å². The van der Waals surface area contributed by atoms with Crippen molar-refractivity contribution in [3.05, 3.63) is 11.3 Å². The van der Waals surface area contributed by atoms with Gasteiger partial charge in [0.25, 0.3) is 0 Å². The van der Waals surface area contributed by atoms with Gasteiger partial charge in [0.2, 0.25) is 0 Å². The Kier molecular flexibility index (Phi) is 2.41. The molecule has 0 atom stereocenters. The minimum atomic E-state index is 0.318. The molecule has 13 heavy (non-hydrogen) atoms. The summed E-state index contributed by atoms with van der Waals surface area (Å²) >= 11 is 2.74.